The Balaban J connectivity index is 1.72. The fourth-order valence-corrected chi connectivity index (χ4v) is 2.25. The summed E-state index contributed by atoms with van der Waals surface area (Å²) < 4.78 is 5.62. The van der Waals surface area contributed by atoms with Gasteiger partial charge in [-0.2, -0.15) is 10.2 Å². The van der Waals surface area contributed by atoms with E-state index < -0.39 is 0 Å². The van der Waals surface area contributed by atoms with Crippen LogP contribution in [0.1, 0.15) is 22.7 Å². The molecule has 5 heteroatoms. The van der Waals surface area contributed by atoms with Crippen molar-refractivity contribution >= 4 is 29.6 Å². The Morgan fingerprint density at radius 3 is 2.54 bits per heavy atom. The second-order valence-corrected chi connectivity index (χ2v) is 5.50. The van der Waals surface area contributed by atoms with E-state index in [9.17, 15) is 5.26 Å². The SMILES string of the molecule is N#Cc1nc(/C=C/c2ccccc2)oc1NCc1ccc(Cl)cc1. The number of oxazole rings is 1. The molecule has 0 spiro atoms. The summed E-state index contributed by atoms with van der Waals surface area (Å²) in [6.07, 6.45) is 3.62. The summed E-state index contributed by atoms with van der Waals surface area (Å²) in [6.45, 7) is 0.517. The molecule has 0 aliphatic carbocycles. The molecule has 0 aliphatic heterocycles. The van der Waals surface area contributed by atoms with Gasteiger partial charge in [0.15, 0.2) is 0 Å². The molecule has 3 rings (SSSR count). The summed E-state index contributed by atoms with van der Waals surface area (Å²) in [5.74, 6) is 0.745. The minimum absolute atomic E-state index is 0.233. The zero-order valence-electron chi connectivity index (χ0n) is 12.7. The first kappa shape index (κ1) is 15.9. The van der Waals surface area contributed by atoms with Crippen molar-refractivity contribution in [3.8, 4) is 6.07 Å². The molecule has 24 heavy (non-hydrogen) atoms. The van der Waals surface area contributed by atoms with Crippen molar-refractivity contribution in [2.45, 2.75) is 6.54 Å². The van der Waals surface area contributed by atoms with Crippen molar-refractivity contribution in [1.82, 2.24) is 4.98 Å². The number of anilines is 1. The lowest BCUT2D eigenvalue weighted by Crippen LogP contribution is -1.99. The lowest BCUT2D eigenvalue weighted by atomic mass is 10.2. The summed E-state index contributed by atoms with van der Waals surface area (Å²) in [4.78, 5) is 4.17. The number of rotatable bonds is 5. The molecule has 0 bridgehead atoms. The van der Waals surface area contributed by atoms with Crippen molar-refractivity contribution in [3.63, 3.8) is 0 Å². The molecule has 0 saturated heterocycles. The fourth-order valence-electron chi connectivity index (χ4n) is 2.12. The minimum Gasteiger partial charge on any atom is -0.420 e. The highest BCUT2D eigenvalue weighted by Gasteiger charge is 2.11. The van der Waals surface area contributed by atoms with Crippen LogP contribution in [-0.4, -0.2) is 4.98 Å². The van der Waals surface area contributed by atoms with Crippen molar-refractivity contribution in [2.24, 2.45) is 0 Å². The Hall–Kier alpha value is -3.03. The normalized spacial score (nSPS) is 10.7. The van der Waals surface area contributed by atoms with Gasteiger partial charge in [0.1, 0.15) is 6.07 Å². The molecule has 0 unspecified atom stereocenters. The number of hydrogen-bond acceptors (Lipinski definition) is 4. The van der Waals surface area contributed by atoms with Crippen LogP contribution in [0.3, 0.4) is 0 Å². The van der Waals surface area contributed by atoms with Gasteiger partial charge >= 0.3 is 0 Å². The van der Waals surface area contributed by atoms with Crippen molar-refractivity contribution < 1.29 is 4.42 Å². The van der Waals surface area contributed by atoms with E-state index in [1.165, 1.54) is 0 Å². The number of nitrogens with one attached hydrogen (secondary N) is 1. The van der Waals surface area contributed by atoms with E-state index in [0.717, 1.165) is 11.1 Å². The van der Waals surface area contributed by atoms with E-state index in [4.69, 9.17) is 16.0 Å². The van der Waals surface area contributed by atoms with Crippen LogP contribution in [0.5, 0.6) is 0 Å². The lowest BCUT2D eigenvalue weighted by molar-refractivity contribution is 0.557. The number of nitriles is 1. The van der Waals surface area contributed by atoms with Crippen molar-refractivity contribution in [2.75, 3.05) is 5.32 Å². The summed E-state index contributed by atoms with van der Waals surface area (Å²) in [6, 6.07) is 19.3. The molecule has 0 atom stereocenters. The largest absolute Gasteiger partial charge is 0.420 e. The van der Waals surface area contributed by atoms with Gasteiger partial charge in [0, 0.05) is 17.6 Å². The molecule has 0 saturated carbocycles. The Morgan fingerprint density at radius 2 is 1.83 bits per heavy atom. The maximum absolute atomic E-state index is 9.20. The molecule has 2 aromatic carbocycles. The summed E-state index contributed by atoms with van der Waals surface area (Å²) in [7, 11) is 0. The predicted octanol–water partition coefficient (Wildman–Crippen LogP) is 4.98. The van der Waals surface area contributed by atoms with Crippen LogP contribution >= 0.6 is 11.6 Å². The highest BCUT2D eigenvalue weighted by molar-refractivity contribution is 6.30. The molecular formula is C19H14ClN3O. The Bertz CT molecular complexity index is 877. The molecule has 1 aromatic heterocycles. The van der Waals surface area contributed by atoms with E-state index >= 15 is 0 Å². The first-order valence-corrected chi connectivity index (χ1v) is 7.75. The Morgan fingerprint density at radius 1 is 1.08 bits per heavy atom. The van der Waals surface area contributed by atoms with E-state index in [1.807, 2.05) is 66.7 Å². The van der Waals surface area contributed by atoms with Gasteiger partial charge in [-0.3, -0.25) is 0 Å². The van der Waals surface area contributed by atoms with Crippen LogP contribution in [0.15, 0.2) is 59.0 Å². The van der Waals surface area contributed by atoms with Crippen molar-refractivity contribution in [3.05, 3.63) is 82.3 Å². The second-order valence-electron chi connectivity index (χ2n) is 5.07. The molecule has 0 aliphatic rings. The van der Waals surface area contributed by atoms with Crippen molar-refractivity contribution in [1.29, 1.82) is 5.26 Å². The fraction of sp³-hybridized carbons (Fsp3) is 0.0526. The van der Waals surface area contributed by atoms with E-state index in [1.54, 1.807) is 6.08 Å². The molecule has 0 radical (unpaired) electrons. The molecule has 0 amide bonds. The molecule has 1 N–H and O–H groups in total. The van der Waals surface area contributed by atoms with Gasteiger partial charge in [0.25, 0.3) is 0 Å². The topological polar surface area (TPSA) is 61.9 Å². The van der Waals surface area contributed by atoms with E-state index in [0.29, 0.717) is 23.3 Å². The van der Waals surface area contributed by atoms with Gasteiger partial charge in [-0.15, -0.1) is 0 Å². The third-order valence-electron chi connectivity index (χ3n) is 3.33. The monoisotopic (exact) mass is 335 g/mol. The number of halogens is 1. The Labute approximate surface area is 145 Å². The number of nitrogens with zero attached hydrogens (tertiary/aromatic N) is 2. The van der Waals surface area contributed by atoms with Gasteiger partial charge in [0.05, 0.1) is 0 Å². The van der Waals surface area contributed by atoms with Crippen LogP contribution in [-0.2, 0) is 6.54 Å². The van der Waals surface area contributed by atoms with Gasteiger partial charge < -0.3 is 9.73 Å². The van der Waals surface area contributed by atoms with Crippen LogP contribution < -0.4 is 5.32 Å². The molecule has 4 nitrogen and oxygen atoms in total. The van der Waals surface area contributed by atoms with Gasteiger partial charge in [0.2, 0.25) is 17.5 Å². The third kappa shape index (κ3) is 4.03. The van der Waals surface area contributed by atoms with Crippen LogP contribution in [0, 0.1) is 11.3 Å². The Kier molecular flexibility index (Phi) is 4.95. The van der Waals surface area contributed by atoms with Crippen LogP contribution in [0.4, 0.5) is 5.88 Å². The standard InChI is InChI=1S/C19H14ClN3O/c20-16-9-6-15(7-10-16)13-22-19-17(12-21)23-18(24-19)11-8-14-4-2-1-3-5-14/h1-11,22H,13H2/b11-8+. The zero-order chi connectivity index (χ0) is 16.8. The van der Waals surface area contributed by atoms with Gasteiger partial charge in [-0.25, -0.2) is 0 Å². The quantitative estimate of drug-likeness (QED) is 0.714. The van der Waals surface area contributed by atoms with Crippen LogP contribution in [0.25, 0.3) is 12.2 Å². The minimum atomic E-state index is 0.233. The predicted molar refractivity (Wildman–Crippen MR) is 95.4 cm³/mol. The first-order chi connectivity index (χ1) is 11.7. The molecule has 1 heterocycles. The molecule has 0 fully saturated rings. The average Bonchev–Trinajstić information content (AvgIpc) is 3.03. The molecule has 3 aromatic rings. The average molecular weight is 336 g/mol. The second kappa shape index (κ2) is 7.49. The summed E-state index contributed by atoms with van der Waals surface area (Å²) in [5.41, 5.74) is 2.29. The third-order valence-corrected chi connectivity index (χ3v) is 3.59. The lowest BCUT2D eigenvalue weighted by Gasteiger charge is -2.03. The molecular weight excluding hydrogens is 322 g/mol. The zero-order valence-corrected chi connectivity index (χ0v) is 13.5. The summed E-state index contributed by atoms with van der Waals surface area (Å²) >= 11 is 5.87. The number of aromatic nitrogens is 1. The van der Waals surface area contributed by atoms with Gasteiger partial charge in [-0.1, -0.05) is 54.1 Å². The maximum atomic E-state index is 9.20. The van der Waals surface area contributed by atoms with E-state index in [2.05, 4.69) is 10.3 Å². The highest BCUT2D eigenvalue weighted by atomic mass is 35.5. The van der Waals surface area contributed by atoms with E-state index in [-0.39, 0.29) is 5.69 Å². The maximum Gasteiger partial charge on any atom is 0.232 e. The molecule has 118 valence electrons. The highest BCUT2D eigenvalue weighted by Crippen LogP contribution is 2.20. The smallest absolute Gasteiger partial charge is 0.232 e. The number of hydrogen-bond donors (Lipinski definition) is 1. The summed E-state index contributed by atoms with van der Waals surface area (Å²) in [5, 5.41) is 13.0. The van der Waals surface area contributed by atoms with Crippen LogP contribution in [0.2, 0.25) is 5.02 Å². The first-order valence-electron chi connectivity index (χ1n) is 7.37. The van der Waals surface area contributed by atoms with Gasteiger partial charge in [-0.05, 0) is 29.3 Å². The number of benzene rings is 2.